The molecule has 0 unspecified atom stereocenters. The van der Waals surface area contributed by atoms with Crippen LogP contribution in [0.4, 0.5) is 0 Å². The number of carbonyl (C=O) groups is 1. The number of hydrogen-bond donors (Lipinski definition) is 1. The standard InChI is InChI=1S/C12H21NO3/c1-2-15-12(14)9-7-11(8-9)16-10-3-5-13-6-4-10/h9-11,13H,2-8H2,1H3. The highest BCUT2D eigenvalue weighted by atomic mass is 16.5. The number of carbonyl (C=O) groups excluding carboxylic acids is 1. The van der Waals surface area contributed by atoms with Crippen LogP contribution in [0, 0.1) is 5.92 Å². The second kappa shape index (κ2) is 5.64. The molecule has 0 spiro atoms. The first kappa shape index (κ1) is 11.9. The molecule has 1 aliphatic carbocycles. The van der Waals surface area contributed by atoms with Crippen LogP contribution >= 0.6 is 0 Å². The van der Waals surface area contributed by atoms with Crippen LogP contribution in [0.1, 0.15) is 32.6 Å². The molecule has 0 bridgehead atoms. The Hall–Kier alpha value is -0.610. The molecule has 2 rings (SSSR count). The zero-order valence-corrected chi connectivity index (χ0v) is 9.91. The monoisotopic (exact) mass is 227 g/mol. The predicted octanol–water partition coefficient (Wildman–Crippen LogP) is 1.10. The largest absolute Gasteiger partial charge is 0.466 e. The van der Waals surface area contributed by atoms with E-state index in [9.17, 15) is 4.79 Å². The van der Waals surface area contributed by atoms with E-state index in [2.05, 4.69) is 5.32 Å². The van der Waals surface area contributed by atoms with Crippen molar-refractivity contribution in [1.29, 1.82) is 0 Å². The Morgan fingerprint density at radius 1 is 1.25 bits per heavy atom. The molecule has 4 nitrogen and oxygen atoms in total. The number of piperidine rings is 1. The smallest absolute Gasteiger partial charge is 0.309 e. The summed E-state index contributed by atoms with van der Waals surface area (Å²) in [5.74, 6) is 0.0410. The molecule has 1 heterocycles. The average molecular weight is 227 g/mol. The normalized spacial score (nSPS) is 30.8. The van der Waals surface area contributed by atoms with E-state index >= 15 is 0 Å². The second-order valence-electron chi connectivity index (χ2n) is 4.63. The summed E-state index contributed by atoms with van der Waals surface area (Å²) in [6.45, 7) is 4.44. The summed E-state index contributed by atoms with van der Waals surface area (Å²) in [7, 11) is 0. The molecule has 1 N–H and O–H groups in total. The minimum absolute atomic E-state index is 0.0485. The molecule has 4 heteroatoms. The molecule has 0 aromatic heterocycles. The molecule has 16 heavy (non-hydrogen) atoms. The maximum absolute atomic E-state index is 11.4. The van der Waals surface area contributed by atoms with Gasteiger partial charge in [-0.25, -0.2) is 0 Å². The van der Waals surface area contributed by atoms with Crippen molar-refractivity contribution in [3.63, 3.8) is 0 Å². The van der Waals surface area contributed by atoms with Crippen LogP contribution in [-0.2, 0) is 14.3 Å². The van der Waals surface area contributed by atoms with Gasteiger partial charge in [-0.3, -0.25) is 4.79 Å². The third kappa shape index (κ3) is 2.95. The van der Waals surface area contributed by atoms with E-state index in [4.69, 9.17) is 9.47 Å². The lowest BCUT2D eigenvalue weighted by molar-refractivity contribution is -0.160. The molecule has 1 saturated carbocycles. The lowest BCUT2D eigenvalue weighted by Crippen LogP contribution is -2.42. The fourth-order valence-corrected chi connectivity index (χ4v) is 2.33. The topological polar surface area (TPSA) is 47.6 Å². The van der Waals surface area contributed by atoms with Crippen LogP contribution in [0.15, 0.2) is 0 Å². The van der Waals surface area contributed by atoms with Crippen LogP contribution in [0.2, 0.25) is 0 Å². The van der Waals surface area contributed by atoms with Gasteiger partial charge in [0.15, 0.2) is 0 Å². The number of nitrogens with one attached hydrogen (secondary N) is 1. The summed E-state index contributed by atoms with van der Waals surface area (Å²) < 4.78 is 10.9. The van der Waals surface area contributed by atoms with Crippen LogP contribution in [-0.4, -0.2) is 37.9 Å². The fraction of sp³-hybridized carbons (Fsp3) is 0.917. The molecule has 0 aromatic carbocycles. The van der Waals surface area contributed by atoms with Gasteiger partial charge in [0.2, 0.25) is 0 Å². The van der Waals surface area contributed by atoms with Gasteiger partial charge < -0.3 is 14.8 Å². The zero-order chi connectivity index (χ0) is 11.4. The van der Waals surface area contributed by atoms with Gasteiger partial charge in [0, 0.05) is 0 Å². The van der Waals surface area contributed by atoms with Crippen LogP contribution in [0.5, 0.6) is 0 Å². The van der Waals surface area contributed by atoms with Crippen molar-refractivity contribution in [3.8, 4) is 0 Å². The van der Waals surface area contributed by atoms with Crippen molar-refractivity contribution >= 4 is 5.97 Å². The minimum Gasteiger partial charge on any atom is -0.466 e. The van der Waals surface area contributed by atoms with Crippen molar-refractivity contribution in [2.24, 2.45) is 5.92 Å². The minimum atomic E-state index is -0.0485. The lowest BCUT2D eigenvalue weighted by atomic mass is 9.82. The van der Waals surface area contributed by atoms with Gasteiger partial charge in [0.25, 0.3) is 0 Å². The van der Waals surface area contributed by atoms with Gasteiger partial charge in [-0.1, -0.05) is 0 Å². The Kier molecular flexibility index (Phi) is 4.18. The van der Waals surface area contributed by atoms with Crippen LogP contribution in [0.3, 0.4) is 0 Å². The zero-order valence-electron chi connectivity index (χ0n) is 9.91. The Labute approximate surface area is 96.7 Å². The molecule has 0 radical (unpaired) electrons. The van der Waals surface area contributed by atoms with E-state index in [1.165, 1.54) is 0 Å². The number of hydrogen-bond acceptors (Lipinski definition) is 4. The van der Waals surface area contributed by atoms with E-state index in [0.29, 0.717) is 12.7 Å². The van der Waals surface area contributed by atoms with E-state index in [1.54, 1.807) is 0 Å². The van der Waals surface area contributed by atoms with Gasteiger partial charge in [-0.15, -0.1) is 0 Å². The molecular formula is C12H21NO3. The molecule has 2 fully saturated rings. The summed E-state index contributed by atoms with van der Waals surface area (Å²) in [5.41, 5.74) is 0. The third-order valence-electron chi connectivity index (χ3n) is 3.39. The quantitative estimate of drug-likeness (QED) is 0.731. The number of ether oxygens (including phenoxy) is 2. The van der Waals surface area contributed by atoms with Gasteiger partial charge in [-0.2, -0.15) is 0 Å². The van der Waals surface area contributed by atoms with Crippen molar-refractivity contribution < 1.29 is 14.3 Å². The number of rotatable bonds is 4. The Bertz CT molecular complexity index is 232. The molecule has 1 aliphatic heterocycles. The highest BCUT2D eigenvalue weighted by Gasteiger charge is 2.37. The summed E-state index contributed by atoms with van der Waals surface area (Å²) in [6.07, 6.45) is 4.58. The van der Waals surface area contributed by atoms with Gasteiger partial charge in [-0.05, 0) is 45.7 Å². The third-order valence-corrected chi connectivity index (χ3v) is 3.39. The first-order valence-corrected chi connectivity index (χ1v) is 6.32. The van der Waals surface area contributed by atoms with Crippen molar-refractivity contribution in [2.45, 2.75) is 44.8 Å². The molecule has 0 amide bonds. The van der Waals surface area contributed by atoms with Crippen LogP contribution < -0.4 is 5.32 Å². The summed E-state index contributed by atoms with van der Waals surface area (Å²) in [6, 6.07) is 0. The van der Waals surface area contributed by atoms with E-state index in [-0.39, 0.29) is 18.0 Å². The van der Waals surface area contributed by atoms with Crippen LogP contribution in [0.25, 0.3) is 0 Å². The molecule has 0 aromatic rings. The van der Waals surface area contributed by atoms with Crippen molar-refractivity contribution in [1.82, 2.24) is 5.32 Å². The average Bonchev–Trinajstić information content (AvgIpc) is 2.24. The van der Waals surface area contributed by atoms with E-state index < -0.39 is 0 Å². The Morgan fingerprint density at radius 2 is 1.94 bits per heavy atom. The predicted molar refractivity (Wildman–Crippen MR) is 60.1 cm³/mol. The summed E-state index contributed by atoms with van der Waals surface area (Å²) in [5, 5.41) is 3.31. The SMILES string of the molecule is CCOC(=O)C1CC(OC2CCNCC2)C1. The first-order valence-electron chi connectivity index (χ1n) is 6.32. The summed E-state index contributed by atoms with van der Waals surface area (Å²) in [4.78, 5) is 11.4. The maximum Gasteiger partial charge on any atom is 0.309 e. The molecule has 92 valence electrons. The Morgan fingerprint density at radius 3 is 2.56 bits per heavy atom. The van der Waals surface area contributed by atoms with Crippen molar-refractivity contribution in [3.05, 3.63) is 0 Å². The maximum atomic E-state index is 11.4. The highest BCUT2D eigenvalue weighted by molar-refractivity contribution is 5.73. The summed E-state index contributed by atoms with van der Waals surface area (Å²) >= 11 is 0. The molecule has 2 aliphatic rings. The molecule has 0 atom stereocenters. The fourth-order valence-electron chi connectivity index (χ4n) is 2.33. The Balaban J connectivity index is 1.62. The number of esters is 1. The lowest BCUT2D eigenvalue weighted by Gasteiger charge is -2.37. The second-order valence-corrected chi connectivity index (χ2v) is 4.63. The van der Waals surface area contributed by atoms with E-state index in [0.717, 1.165) is 38.8 Å². The molecular weight excluding hydrogens is 206 g/mol. The van der Waals surface area contributed by atoms with Crippen molar-refractivity contribution in [2.75, 3.05) is 19.7 Å². The molecule has 1 saturated heterocycles. The van der Waals surface area contributed by atoms with Gasteiger partial charge in [0.05, 0.1) is 24.7 Å². The van der Waals surface area contributed by atoms with E-state index in [1.807, 2.05) is 6.92 Å². The first-order chi connectivity index (χ1) is 7.79. The van der Waals surface area contributed by atoms with Gasteiger partial charge in [0.1, 0.15) is 0 Å². The van der Waals surface area contributed by atoms with Gasteiger partial charge >= 0.3 is 5.97 Å². The highest BCUT2D eigenvalue weighted by Crippen LogP contribution is 2.32.